The van der Waals surface area contributed by atoms with Gasteiger partial charge in [-0.25, -0.2) is 4.99 Å². The van der Waals surface area contributed by atoms with Crippen LogP contribution in [-0.2, 0) is 6.54 Å². The Labute approximate surface area is 159 Å². The van der Waals surface area contributed by atoms with Crippen molar-refractivity contribution >= 4 is 41.7 Å². The first-order valence-corrected chi connectivity index (χ1v) is 8.87. The number of nitrogens with zero attached hydrogens (tertiary/aromatic N) is 1. The summed E-state index contributed by atoms with van der Waals surface area (Å²) in [7, 11) is 1.54. The molecule has 2 rings (SSSR count). The van der Waals surface area contributed by atoms with Crippen LogP contribution in [0.5, 0.6) is 11.5 Å². The highest BCUT2D eigenvalue weighted by molar-refractivity contribution is 14.0. The van der Waals surface area contributed by atoms with Gasteiger partial charge in [-0.1, -0.05) is 6.07 Å². The van der Waals surface area contributed by atoms with Gasteiger partial charge in [0.2, 0.25) is 0 Å². The zero-order valence-corrected chi connectivity index (χ0v) is 16.8. The summed E-state index contributed by atoms with van der Waals surface area (Å²) in [6.07, 6.45) is 2.45. The quantitative estimate of drug-likeness (QED) is 0.365. The maximum atomic E-state index is 9.81. The number of rotatable bonds is 5. The third kappa shape index (κ3) is 6.66. The van der Waals surface area contributed by atoms with E-state index in [4.69, 9.17) is 4.74 Å². The second-order valence-electron chi connectivity index (χ2n) is 5.26. The Balaban J connectivity index is 0.00000264. The van der Waals surface area contributed by atoms with Crippen LogP contribution in [0.15, 0.2) is 23.2 Å². The minimum Gasteiger partial charge on any atom is -0.504 e. The lowest BCUT2D eigenvalue weighted by Crippen LogP contribution is -2.45. The second kappa shape index (κ2) is 10.9. The van der Waals surface area contributed by atoms with Crippen molar-refractivity contribution in [1.82, 2.24) is 10.6 Å². The summed E-state index contributed by atoms with van der Waals surface area (Å²) >= 11 is 1.99. The summed E-state index contributed by atoms with van der Waals surface area (Å²) < 4.78 is 5.05. The van der Waals surface area contributed by atoms with Gasteiger partial charge in [-0.15, -0.1) is 24.0 Å². The Kier molecular flexibility index (Phi) is 9.54. The molecule has 0 radical (unpaired) electrons. The maximum absolute atomic E-state index is 9.81. The first-order valence-electron chi connectivity index (χ1n) is 7.71. The lowest BCUT2D eigenvalue weighted by molar-refractivity contribution is 0.373. The molecule has 0 spiro atoms. The third-order valence-electron chi connectivity index (χ3n) is 3.51. The minimum absolute atomic E-state index is 0. The van der Waals surface area contributed by atoms with Crippen molar-refractivity contribution in [1.29, 1.82) is 0 Å². The number of guanidine groups is 1. The molecule has 0 aromatic heterocycles. The van der Waals surface area contributed by atoms with Gasteiger partial charge >= 0.3 is 0 Å². The first kappa shape index (κ1) is 20.2. The lowest BCUT2D eigenvalue weighted by atomic mass is 10.2. The van der Waals surface area contributed by atoms with E-state index in [1.165, 1.54) is 18.6 Å². The van der Waals surface area contributed by atoms with Crippen molar-refractivity contribution in [2.45, 2.75) is 32.4 Å². The predicted molar refractivity (Wildman–Crippen MR) is 108 cm³/mol. The second-order valence-corrected chi connectivity index (χ2v) is 6.41. The average molecular weight is 451 g/mol. The monoisotopic (exact) mass is 451 g/mol. The highest BCUT2D eigenvalue weighted by Gasteiger charge is 2.14. The fraction of sp³-hybridized carbons (Fsp3) is 0.562. The fourth-order valence-electron chi connectivity index (χ4n) is 2.37. The molecule has 1 aliphatic heterocycles. The first-order chi connectivity index (χ1) is 10.7. The molecule has 0 saturated carbocycles. The van der Waals surface area contributed by atoms with Gasteiger partial charge in [-0.3, -0.25) is 0 Å². The number of phenolic OH excluding ortho intramolecular Hbond substituents is 1. The van der Waals surface area contributed by atoms with Crippen molar-refractivity contribution in [3.8, 4) is 11.5 Å². The topological polar surface area (TPSA) is 65.9 Å². The van der Waals surface area contributed by atoms with Crippen LogP contribution in [0, 0.1) is 0 Å². The van der Waals surface area contributed by atoms with E-state index in [-0.39, 0.29) is 29.7 Å². The smallest absolute Gasteiger partial charge is 0.191 e. The predicted octanol–water partition coefficient (Wildman–Crippen LogP) is 2.97. The van der Waals surface area contributed by atoms with E-state index < -0.39 is 0 Å². The van der Waals surface area contributed by atoms with E-state index in [2.05, 4.69) is 22.5 Å². The van der Waals surface area contributed by atoms with Crippen LogP contribution in [0.1, 0.15) is 25.3 Å². The molecule has 0 bridgehead atoms. The van der Waals surface area contributed by atoms with Crippen LogP contribution >= 0.6 is 35.7 Å². The van der Waals surface area contributed by atoms with Crippen molar-refractivity contribution in [2.24, 2.45) is 4.99 Å². The molecule has 23 heavy (non-hydrogen) atoms. The number of hydrogen-bond acceptors (Lipinski definition) is 4. The molecular weight excluding hydrogens is 425 g/mol. The van der Waals surface area contributed by atoms with Crippen LogP contribution in [0.3, 0.4) is 0 Å². The Hall–Kier alpha value is -0.830. The number of methoxy groups -OCH3 is 1. The van der Waals surface area contributed by atoms with Gasteiger partial charge in [0, 0.05) is 18.3 Å². The van der Waals surface area contributed by atoms with E-state index in [0.717, 1.165) is 23.8 Å². The summed E-state index contributed by atoms with van der Waals surface area (Å²) in [5.41, 5.74) is 0.952. The minimum atomic E-state index is 0. The summed E-state index contributed by atoms with van der Waals surface area (Å²) in [6.45, 7) is 3.42. The standard InChI is InChI=1S/C16H25N3O2S.HI/c1-3-17-16(19-13-5-4-8-22-11-13)18-10-12-6-7-15(21-2)14(20)9-12;/h6-7,9,13,20H,3-5,8,10-11H2,1-2H3,(H2,17,18,19);1H. The van der Waals surface area contributed by atoms with Crippen LogP contribution in [0.2, 0.25) is 0 Å². The normalized spacial score (nSPS) is 18.0. The number of thioether (sulfide) groups is 1. The molecule has 5 nitrogen and oxygen atoms in total. The Morgan fingerprint density at radius 3 is 2.91 bits per heavy atom. The largest absolute Gasteiger partial charge is 0.504 e. The maximum Gasteiger partial charge on any atom is 0.191 e. The highest BCUT2D eigenvalue weighted by atomic mass is 127. The molecule has 1 aromatic rings. The van der Waals surface area contributed by atoms with Crippen LogP contribution < -0.4 is 15.4 Å². The van der Waals surface area contributed by atoms with Crippen LogP contribution in [0.4, 0.5) is 0 Å². The molecular formula is C16H26IN3O2S. The lowest BCUT2D eigenvalue weighted by Gasteiger charge is -2.24. The van der Waals surface area contributed by atoms with Gasteiger partial charge in [0.25, 0.3) is 0 Å². The highest BCUT2D eigenvalue weighted by Crippen LogP contribution is 2.26. The Morgan fingerprint density at radius 1 is 1.48 bits per heavy atom. The number of benzene rings is 1. The van der Waals surface area contributed by atoms with Crippen molar-refractivity contribution in [3.63, 3.8) is 0 Å². The molecule has 1 unspecified atom stereocenters. The van der Waals surface area contributed by atoms with Crippen LogP contribution in [0.25, 0.3) is 0 Å². The molecule has 7 heteroatoms. The number of nitrogens with one attached hydrogen (secondary N) is 2. The van der Waals surface area contributed by atoms with Crippen molar-refractivity contribution in [2.75, 3.05) is 25.2 Å². The molecule has 1 aromatic carbocycles. The van der Waals surface area contributed by atoms with Crippen molar-refractivity contribution in [3.05, 3.63) is 23.8 Å². The Bertz CT molecular complexity index is 508. The zero-order valence-electron chi connectivity index (χ0n) is 13.7. The van der Waals surface area contributed by atoms with Crippen LogP contribution in [-0.4, -0.2) is 42.3 Å². The van der Waals surface area contributed by atoms with E-state index in [1.807, 2.05) is 17.8 Å². The van der Waals surface area contributed by atoms with Gasteiger partial charge in [0.05, 0.1) is 13.7 Å². The molecule has 130 valence electrons. The average Bonchev–Trinajstić information content (AvgIpc) is 2.54. The third-order valence-corrected chi connectivity index (χ3v) is 4.72. The van der Waals surface area contributed by atoms with Gasteiger partial charge in [-0.2, -0.15) is 11.8 Å². The fourth-order valence-corrected chi connectivity index (χ4v) is 3.44. The van der Waals surface area contributed by atoms with E-state index in [9.17, 15) is 5.11 Å². The molecule has 3 N–H and O–H groups in total. The number of phenols is 1. The number of hydrogen-bond donors (Lipinski definition) is 3. The number of halogens is 1. The molecule has 1 aliphatic rings. The van der Waals surface area contributed by atoms with E-state index in [1.54, 1.807) is 19.2 Å². The van der Waals surface area contributed by atoms with Gasteiger partial charge < -0.3 is 20.5 Å². The van der Waals surface area contributed by atoms with E-state index >= 15 is 0 Å². The molecule has 1 atom stereocenters. The summed E-state index contributed by atoms with van der Waals surface area (Å²) in [5, 5.41) is 16.6. The molecule has 0 aliphatic carbocycles. The van der Waals surface area contributed by atoms with E-state index in [0.29, 0.717) is 18.3 Å². The molecule has 1 fully saturated rings. The number of aromatic hydroxyl groups is 1. The van der Waals surface area contributed by atoms with Gasteiger partial charge in [0.1, 0.15) is 0 Å². The Morgan fingerprint density at radius 2 is 2.30 bits per heavy atom. The molecule has 1 saturated heterocycles. The van der Waals surface area contributed by atoms with Gasteiger partial charge in [0.15, 0.2) is 17.5 Å². The summed E-state index contributed by atoms with van der Waals surface area (Å²) in [4.78, 5) is 4.61. The molecule has 0 amide bonds. The number of aliphatic imine (C=N–C) groups is 1. The SMILES string of the molecule is CCNC(=NCc1ccc(OC)c(O)c1)NC1CCCSC1.I. The zero-order chi connectivity index (χ0) is 15.8. The number of ether oxygens (including phenoxy) is 1. The van der Waals surface area contributed by atoms with Crippen molar-refractivity contribution < 1.29 is 9.84 Å². The summed E-state index contributed by atoms with van der Waals surface area (Å²) in [6, 6.07) is 5.86. The summed E-state index contributed by atoms with van der Waals surface area (Å²) in [5.74, 6) is 3.87. The molecule has 1 heterocycles. The van der Waals surface area contributed by atoms with Gasteiger partial charge in [-0.05, 0) is 43.2 Å².